The fourth-order valence-electron chi connectivity index (χ4n) is 10.4. The Kier molecular flexibility index (Phi) is 12.7. The van der Waals surface area contributed by atoms with E-state index in [0.717, 1.165) is 53.9 Å². The topological polar surface area (TPSA) is 71.1 Å². The van der Waals surface area contributed by atoms with Crippen LogP contribution < -0.4 is 0 Å². The highest BCUT2D eigenvalue weighted by Gasteiger charge is 2.59. The second kappa shape index (κ2) is 16.2. The summed E-state index contributed by atoms with van der Waals surface area (Å²) < 4.78 is 47.1. The molecule has 0 N–H and O–H groups in total. The first-order valence-corrected chi connectivity index (χ1v) is 20.3. The van der Waals surface area contributed by atoms with Crippen molar-refractivity contribution in [1.29, 1.82) is 0 Å². The van der Waals surface area contributed by atoms with Crippen molar-refractivity contribution in [3.8, 4) is 0 Å². The maximum absolute atomic E-state index is 12.2. The lowest BCUT2D eigenvalue weighted by Crippen LogP contribution is -2.51. The SMILES string of the molecule is Cc1ccc(S(=O)(=O)OCCOCCOCCOC2CC[C@@]3(C)C(=CCC4C3CC[C@@]3(C)C4CC[C@@H]3[C@H](C)CCCC(C)C)C2)cc1. The Morgan fingerprint density at radius 3 is 2.26 bits per heavy atom. The third kappa shape index (κ3) is 8.74. The normalized spacial score (nSPS) is 32.8. The van der Waals surface area contributed by atoms with Gasteiger partial charge in [0.2, 0.25) is 0 Å². The van der Waals surface area contributed by atoms with E-state index in [-0.39, 0.29) is 24.2 Å². The van der Waals surface area contributed by atoms with Crippen molar-refractivity contribution in [3.05, 3.63) is 41.5 Å². The third-order valence-electron chi connectivity index (χ3n) is 13.0. The van der Waals surface area contributed by atoms with Crippen LogP contribution in [0, 0.1) is 53.3 Å². The maximum Gasteiger partial charge on any atom is 0.297 e. The van der Waals surface area contributed by atoms with E-state index in [1.54, 1.807) is 29.8 Å². The lowest BCUT2D eigenvalue weighted by Gasteiger charge is -2.58. The number of hydrogen-bond acceptors (Lipinski definition) is 6. The van der Waals surface area contributed by atoms with Crippen molar-refractivity contribution in [2.24, 2.45) is 46.3 Å². The van der Waals surface area contributed by atoms with Gasteiger partial charge >= 0.3 is 0 Å². The monoisotopic (exact) mass is 672 g/mol. The standard InChI is InChI=1S/C40H64O6S/c1-29(2)8-7-9-31(4)36-16-17-37-35-15-12-32-28-33(18-20-39(32,5)38(35)19-21-40(36,37)6)45-26-24-43-22-23-44-25-27-46-47(41,42)34-13-10-30(3)11-14-34/h10-14,29,31,33,35-38H,7-9,15-28H2,1-6H3/t31-,33?,35?,36-,37?,38?,39+,40-/m1/s1. The molecule has 4 aliphatic rings. The molecule has 1 aromatic carbocycles. The average molecular weight is 673 g/mol. The van der Waals surface area contributed by atoms with Gasteiger partial charge in [-0.3, -0.25) is 4.18 Å². The van der Waals surface area contributed by atoms with Crippen LogP contribution in [0.5, 0.6) is 0 Å². The summed E-state index contributed by atoms with van der Waals surface area (Å²) in [5, 5.41) is 0. The summed E-state index contributed by atoms with van der Waals surface area (Å²) in [7, 11) is -3.76. The highest BCUT2D eigenvalue weighted by atomic mass is 32.2. The molecule has 0 amide bonds. The van der Waals surface area contributed by atoms with Gasteiger partial charge < -0.3 is 14.2 Å². The molecule has 0 aromatic heterocycles. The average Bonchev–Trinajstić information content (AvgIpc) is 3.39. The minimum absolute atomic E-state index is 0.0182. The molecule has 0 saturated heterocycles. The highest BCUT2D eigenvalue weighted by Crippen LogP contribution is 2.67. The molecule has 0 radical (unpaired) electrons. The Morgan fingerprint density at radius 1 is 0.830 bits per heavy atom. The van der Waals surface area contributed by atoms with Crippen LogP contribution in [0.3, 0.4) is 0 Å². The molecule has 4 unspecified atom stereocenters. The quantitative estimate of drug-likeness (QED) is 0.0934. The van der Waals surface area contributed by atoms with Crippen LogP contribution in [0.25, 0.3) is 0 Å². The molecule has 266 valence electrons. The molecule has 0 spiro atoms. The first-order valence-electron chi connectivity index (χ1n) is 18.9. The summed E-state index contributed by atoms with van der Waals surface area (Å²) in [6.45, 7) is 16.7. The summed E-state index contributed by atoms with van der Waals surface area (Å²) in [5.41, 5.74) is 3.57. The Labute approximate surface area is 286 Å². The van der Waals surface area contributed by atoms with Crippen molar-refractivity contribution >= 4 is 10.1 Å². The van der Waals surface area contributed by atoms with E-state index in [4.69, 9.17) is 18.4 Å². The summed E-state index contributed by atoms with van der Waals surface area (Å²) >= 11 is 0. The van der Waals surface area contributed by atoms with Crippen LogP contribution in [0.4, 0.5) is 0 Å². The molecule has 0 heterocycles. The van der Waals surface area contributed by atoms with Gasteiger partial charge in [0.05, 0.1) is 50.6 Å². The van der Waals surface area contributed by atoms with Crippen molar-refractivity contribution < 1.29 is 26.8 Å². The molecule has 3 fully saturated rings. The predicted octanol–water partition coefficient (Wildman–Crippen LogP) is 9.16. The molecule has 0 aliphatic heterocycles. The van der Waals surface area contributed by atoms with Crippen LogP contribution >= 0.6 is 0 Å². The first-order chi connectivity index (χ1) is 22.4. The van der Waals surface area contributed by atoms with E-state index in [1.165, 1.54) is 57.8 Å². The molecule has 47 heavy (non-hydrogen) atoms. The van der Waals surface area contributed by atoms with Crippen molar-refractivity contribution in [2.45, 2.75) is 123 Å². The van der Waals surface area contributed by atoms with Crippen molar-refractivity contribution in [3.63, 3.8) is 0 Å². The lowest BCUT2D eigenvalue weighted by molar-refractivity contribution is -0.0689. The Hall–Kier alpha value is -1.25. The van der Waals surface area contributed by atoms with Crippen LogP contribution in [-0.2, 0) is 28.5 Å². The van der Waals surface area contributed by atoms with E-state index >= 15 is 0 Å². The number of hydrogen-bond donors (Lipinski definition) is 0. The fourth-order valence-corrected chi connectivity index (χ4v) is 11.3. The van der Waals surface area contributed by atoms with E-state index < -0.39 is 10.1 Å². The minimum atomic E-state index is -3.76. The molecule has 1 aromatic rings. The highest BCUT2D eigenvalue weighted by molar-refractivity contribution is 7.86. The summed E-state index contributed by atoms with van der Waals surface area (Å²) in [6, 6.07) is 6.62. The maximum atomic E-state index is 12.2. The van der Waals surface area contributed by atoms with Gasteiger partial charge in [-0.25, -0.2) is 0 Å². The Bertz CT molecular complexity index is 1270. The summed E-state index contributed by atoms with van der Waals surface area (Å²) in [5.74, 6) is 5.22. The van der Waals surface area contributed by atoms with Crippen LogP contribution in [-0.4, -0.2) is 54.2 Å². The fraction of sp³-hybridized carbons (Fsp3) is 0.800. The molecule has 7 heteroatoms. The van der Waals surface area contributed by atoms with E-state index in [2.05, 4.69) is 40.7 Å². The van der Waals surface area contributed by atoms with Crippen molar-refractivity contribution in [1.82, 2.24) is 0 Å². The number of allylic oxidation sites excluding steroid dienone is 1. The zero-order valence-electron chi connectivity index (χ0n) is 30.3. The lowest BCUT2D eigenvalue weighted by atomic mass is 9.47. The van der Waals surface area contributed by atoms with Gasteiger partial charge in [-0.2, -0.15) is 8.42 Å². The van der Waals surface area contributed by atoms with E-state index in [0.29, 0.717) is 37.3 Å². The number of fused-ring (bicyclic) bond motifs is 5. The Balaban J connectivity index is 0.986. The van der Waals surface area contributed by atoms with E-state index in [9.17, 15) is 8.42 Å². The number of benzene rings is 1. The number of aryl methyl sites for hydroxylation is 1. The van der Waals surface area contributed by atoms with Gasteiger partial charge in [-0.1, -0.05) is 83.2 Å². The largest absolute Gasteiger partial charge is 0.377 e. The predicted molar refractivity (Wildman–Crippen MR) is 189 cm³/mol. The second-order valence-corrected chi connectivity index (χ2v) is 18.0. The molecule has 3 saturated carbocycles. The van der Waals surface area contributed by atoms with Crippen LogP contribution in [0.1, 0.15) is 111 Å². The van der Waals surface area contributed by atoms with Crippen molar-refractivity contribution in [2.75, 3.05) is 39.6 Å². The molecule has 5 rings (SSSR count). The summed E-state index contributed by atoms with van der Waals surface area (Å²) in [6.07, 6.45) is 17.6. The van der Waals surface area contributed by atoms with Gasteiger partial charge in [0, 0.05) is 0 Å². The van der Waals surface area contributed by atoms with Gasteiger partial charge in [0.15, 0.2) is 0 Å². The van der Waals surface area contributed by atoms with Gasteiger partial charge in [0.1, 0.15) is 0 Å². The molecule has 6 nitrogen and oxygen atoms in total. The zero-order valence-corrected chi connectivity index (χ0v) is 31.1. The number of ether oxygens (including phenoxy) is 3. The molecular formula is C40H64O6S. The van der Waals surface area contributed by atoms with Gasteiger partial charge in [0.25, 0.3) is 10.1 Å². The third-order valence-corrected chi connectivity index (χ3v) is 14.3. The van der Waals surface area contributed by atoms with Crippen LogP contribution in [0.2, 0.25) is 0 Å². The molecule has 0 bridgehead atoms. The minimum Gasteiger partial charge on any atom is -0.377 e. The molecule has 8 atom stereocenters. The number of rotatable bonds is 17. The molecular weight excluding hydrogens is 609 g/mol. The smallest absolute Gasteiger partial charge is 0.297 e. The zero-order chi connectivity index (χ0) is 33.7. The first kappa shape index (κ1) is 37.0. The van der Waals surface area contributed by atoms with Gasteiger partial charge in [-0.15, -0.1) is 0 Å². The van der Waals surface area contributed by atoms with Crippen LogP contribution in [0.15, 0.2) is 40.8 Å². The molecule has 4 aliphatic carbocycles. The summed E-state index contributed by atoms with van der Waals surface area (Å²) in [4.78, 5) is 0.162. The van der Waals surface area contributed by atoms with E-state index in [1.807, 2.05) is 6.92 Å². The van der Waals surface area contributed by atoms with Gasteiger partial charge in [-0.05, 0) is 117 Å². The second-order valence-electron chi connectivity index (χ2n) is 16.3. The Morgan fingerprint density at radius 2 is 1.53 bits per heavy atom.